The number of alkyl halides is 1. The van der Waals surface area contributed by atoms with Gasteiger partial charge in [-0.15, -0.1) is 11.3 Å². The zero-order valence-electron chi connectivity index (χ0n) is 9.32. The zero-order chi connectivity index (χ0) is 11.7. The first-order valence-corrected chi connectivity index (χ1v) is 9.50. The van der Waals surface area contributed by atoms with Crippen LogP contribution in [-0.4, -0.2) is 5.75 Å². The molecule has 0 amide bonds. The van der Waals surface area contributed by atoms with Gasteiger partial charge in [0.05, 0.1) is 4.83 Å². The van der Waals surface area contributed by atoms with Crippen LogP contribution >= 0.6 is 50.4 Å². The van der Waals surface area contributed by atoms with E-state index in [4.69, 9.17) is 0 Å². The van der Waals surface area contributed by atoms with Gasteiger partial charge in [0, 0.05) is 15.5 Å². The summed E-state index contributed by atoms with van der Waals surface area (Å²) in [5, 5.41) is 4.41. The van der Waals surface area contributed by atoms with Crippen LogP contribution in [0, 0.1) is 0 Å². The molecule has 0 nitrogen and oxygen atoms in total. The molecule has 2 aromatic heterocycles. The summed E-state index contributed by atoms with van der Waals surface area (Å²) in [6, 6.07) is 4.64. The highest BCUT2D eigenvalue weighted by Gasteiger charge is 2.18. The third-order valence-electron chi connectivity index (χ3n) is 2.95. The topological polar surface area (TPSA) is 0 Å². The Morgan fingerprint density at radius 1 is 1.41 bits per heavy atom. The van der Waals surface area contributed by atoms with Crippen molar-refractivity contribution in [2.45, 2.75) is 23.4 Å². The molecule has 0 aromatic carbocycles. The molecule has 0 spiro atoms. The molecule has 1 atom stereocenters. The van der Waals surface area contributed by atoms with Crippen LogP contribution in [0.4, 0.5) is 0 Å². The van der Waals surface area contributed by atoms with Gasteiger partial charge in [-0.2, -0.15) is 23.1 Å². The number of fused-ring (bicyclic) bond motifs is 1. The van der Waals surface area contributed by atoms with Crippen LogP contribution in [0.3, 0.4) is 0 Å². The van der Waals surface area contributed by atoms with E-state index in [1.165, 1.54) is 28.4 Å². The Morgan fingerprint density at radius 3 is 3.12 bits per heavy atom. The Bertz CT molecular complexity index is 463. The van der Waals surface area contributed by atoms with Crippen molar-refractivity contribution in [2.75, 3.05) is 5.75 Å². The molecule has 0 aliphatic carbocycles. The summed E-state index contributed by atoms with van der Waals surface area (Å²) in [7, 11) is 0. The minimum absolute atomic E-state index is 0.484. The number of hydrogen-bond donors (Lipinski definition) is 0. The van der Waals surface area contributed by atoms with Crippen LogP contribution in [0.1, 0.15) is 25.7 Å². The minimum atomic E-state index is 0.484. The number of hydrogen-bond acceptors (Lipinski definition) is 3. The molecule has 90 valence electrons. The monoisotopic (exact) mass is 344 g/mol. The first kappa shape index (κ1) is 12.3. The predicted octanol–water partition coefficient (Wildman–Crippen LogP) is 5.28. The molecule has 1 unspecified atom stereocenters. The highest BCUT2D eigenvalue weighted by molar-refractivity contribution is 9.09. The highest BCUT2D eigenvalue weighted by Crippen LogP contribution is 2.38. The normalized spacial score (nSPS) is 16.8. The standard InChI is InChI=1S/C13H13BrS3/c14-11(5-9-1-3-15-7-9)13-6-10-8-16-4-2-12(10)17-13/h1,3,6-7,11H,2,4-5,8H2. The molecule has 0 N–H and O–H groups in total. The second kappa shape index (κ2) is 5.47. The molecule has 0 radical (unpaired) electrons. The van der Waals surface area contributed by atoms with Gasteiger partial charge in [0.25, 0.3) is 0 Å². The van der Waals surface area contributed by atoms with Crippen LogP contribution < -0.4 is 0 Å². The SMILES string of the molecule is BrC(Cc1ccsc1)c1cc2c(s1)CCSC2. The maximum atomic E-state index is 3.84. The summed E-state index contributed by atoms with van der Waals surface area (Å²) in [6.45, 7) is 0. The first-order valence-electron chi connectivity index (χ1n) is 5.67. The van der Waals surface area contributed by atoms with Crippen molar-refractivity contribution in [1.29, 1.82) is 0 Å². The Hall–Kier alpha value is 0.230. The number of aryl methyl sites for hydroxylation is 1. The van der Waals surface area contributed by atoms with Crippen molar-refractivity contribution < 1.29 is 0 Å². The van der Waals surface area contributed by atoms with E-state index in [2.05, 4.69) is 50.6 Å². The Kier molecular flexibility index (Phi) is 3.95. The third kappa shape index (κ3) is 2.80. The maximum absolute atomic E-state index is 3.84. The van der Waals surface area contributed by atoms with Crippen molar-refractivity contribution in [3.05, 3.63) is 43.8 Å². The fourth-order valence-electron chi connectivity index (χ4n) is 2.04. The molecular formula is C13H13BrS3. The molecule has 3 rings (SSSR count). The van der Waals surface area contributed by atoms with E-state index in [1.807, 2.05) is 11.3 Å². The smallest absolute Gasteiger partial charge is 0.0529 e. The quantitative estimate of drug-likeness (QED) is 0.682. The van der Waals surface area contributed by atoms with Gasteiger partial charge in [0.1, 0.15) is 0 Å². The van der Waals surface area contributed by atoms with Crippen LogP contribution in [0.25, 0.3) is 0 Å². The second-order valence-corrected chi connectivity index (χ2v) is 8.36. The largest absolute Gasteiger partial charge is 0.157 e. The van der Waals surface area contributed by atoms with E-state index in [1.54, 1.807) is 21.8 Å². The maximum Gasteiger partial charge on any atom is 0.0529 e. The fraction of sp³-hybridized carbons (Fsp3) is 0.385. The molecule has 3 heterocycles. The van der Waals surface area contributed by atoms with Crippen LogP contribution in [0.2, 0.25) is 0 Å². The molecule has 2 aromatic rings. The molecule has 4 heteroatoms. The Labute approximate surface area is 123 Å². The van der Waals surface area contributed by atoms with Gasteiger partial charge < -0.3 is 0 Å². The van der Waals surface area contributed by atoms with Crippen LogP contribution in [0.5, 0.6) is 0 Å². The number of rotatable bonds is 3. The lowest BCUT2D eigenvalue weighted by Crippen LogP contribution is -1.96. The lowest BCUT2D eigenvalue weighted by atomic mass is 10.1. The highest BCUT2D eigenvalue weighted by atomic mass is 79.9. The molecule has 17 heavy (non-hydrogen) atoms. The molecule has 1 aliphatic heterocycles. The Balaban J connectivity index is 1.77. The summed E-state index contributed by atoms with van der Waals surface area (Å²) in [5.41, 5.74) is 3.02. The van der Waals surface area contributed by atoms with Gasteiger partial charge in [0.2, 0.25) is 0 Å². The summed E-state index contributed by atoms with van der Waals surface area (Å²) >= 11 is 9.69. The third-order valence-corrected chi connectivity index (χ3v) is 7.16. The number of thioether (sulfide) groups is 1. The predicted molar refractivity (Wildman–Crippen MR) is 83.9 cm³/mol. The summed E-state index contributed by atoms with van der Waals surface area (Å²) in [4.78, 5) is 3.61. The van der Waals surface area contributed by atoms with Crippen molar-refractivity contribution >= 4 is 50.4 Å². The lowest BCUT2D eigenvalue weighted by molar-refractivity contribution is 0.974. The van der Waals surface area contributed by atoms with E-state index in [-0.39, 0.29) is 0 Å². The summed E-state index contributed by atoms with van der Waals surface area (Å²) < 4.78 is 0. The van der Waals surface area contributed by atoms with E-state index in [0.29, 0.717) is 4.83 Å². The lowest BCUT2D eigenvalue weighted by Gasteiger charge is -2.08. The molecule has 0 fully saturated rings. The van der Waals surface area contributed by atoms with E-state index < -0.39 is 0 Å². The Morgan fingerprint density at radius 2 is 2.35 bits per heavy atom. The second-order valence-electron chi connectivity index (χ2n) is 4.20. The molecular weight excluding hydrogens is 332 g/mol. The average Bonchev–Trinajstić information content (AvgIpc) is 2.96. The van der Waals surface area contributed by atoms with E-state index in [9.17, 15) is 0 Å². The number of thiophene rings is 2. The molecule has 0 saturated carbocycles. The van der Waals surface area contributed by atoms with Gasteiger partial charge in [0.15, 0.2) is 0 Å². The van der Waals surface area contributed by atoms with Crippen molar-refractivity contribution in [1.82, 2.24) is 0 Å². The zero-order valence-corrected chi connectivity index (χ0v) is 13.4. The number of halogens is 1. The van der Waals surface area contributed by atoms with Gasteiger partial charge >= 0.3 is 0 Å². The molecule has 1 aliphatic rings. The fourth-order valence-corrected chi connectivity index (χ4v) is 5.86. The summed E-state index contributed by atoms with van der Waals surface area (Å²) in [5.74, 6) is 2.51. The van der Waals surface area contributed by atoms with Gasteiger partial charge in [-0.25, -0.2) is 0 Å². The van der Waals surface area contributed by atoms with Crippen molar-refractivity contribution in [2.24, 2.45) is 0 Å². The van der Waals surface area contributed by atoms with Gasteiger partial charge in [-0.1, -0.05) is 15.9 Å². The average molecular weight is 345 g/mol. The summed E-state index contributed by atoms with van der Waals surface area (Å²) in [6.07, 6.45) is 2.37. The van der Waals surface area contributed by atoms with Gasteiger partial charge in [-0.05, 0) is 52.6 Å². The molecule has 0 bridgehead atoms. The van der Waals surface area contributed by atoms with Crippen LogP contribution in [0.15, 0.2) is 22.9 Å². The van der Waals surface area contributed by atoms with Crippen molar-refractivity contribution in [3.8, 4) is 0 Å². The van der Waals surface area contributed by atoms with Gasteiger partial charge in [-0.3, -0.25) is 0 Å². The van der Waals surface area contributed by atoms with Crippen molar-refractivity contribution in [3.63, 3.8) is 0 Å². The van der Waals surface area contributed by atoms with E-state index >= 15 is 0 Å². The molecule has 0 saturated heterocycles. The minimum Gasteiger partial charge on any atom is -0.157 e. The van der Waals surface area contributed by atoms with E-state index in [0.717, 1.165) is 6.42 Å². The first-order chi connectivity index (χ1) is 8.33. The van der Waals surface area contributed by atoms with Crippen LogP contribution in [-0.2, 0) is 18.6 Å².